The molecule has 1 atom stereocenters. The van der Waals surface area contributed by atoms with Crippen molar-refractivity contribution in [1.29, 1.82) is 0 Å². The van der Waals surface area contributed by atoms with Gasteiger partial charge in [0.2, 0.25) is 0 Å². The third-order valence-corrected chi connectivity index (χ3v) is 1.65. The van der Waals surface area contributed by atoms with Crippen LogP contribution < -0.4 is 0 Å². The lowest BCUT2D eigenvalue weighted by Crippen LogP contribution is -2.21. The number of rotatable bonds is 6. The molecular formula is C8H15NO3. The number of carboxylic acid groups (broad SMARTS) is 1. The van der Waals surface area contributed by atoms with Crippen LogP contribution in [0.4, 0.5) is 0 Å². The van der Waals surface area contributed by atoms with E-state index in [9.17, 15) is 9.59 Å². The molecule has 0 saturated carbocycles. The van der Waals surface area contributed by atoms with Gasteiger partial charge in [-0.3, -0.25) is 4.79 Å². The summed E-state index contributed by atoms with van der Waals surface area (Å²) in [6.45, 7) is 0.699. The average Bonchev–Trinajstić information content (AvgIpc) is 1.96. The number of nitrogens with zero attached hydrogens (tertiary/aromatic N) is 1. The Bertz CT molecular complexity index is 156. The van der Waals surface area contributed by atoms with Crippen molar-refractivity contribution in [2.75, 3.05) is 20.6 Å². The molecule has 0 aromatic rings. The molecule has 0 amide bonds. The van der Waals surface area contributed by atoms with Crippen molar-refractivity contribution in [3.8, 4) is 0 Å². The first-order valence-corrected chi connectivity index (χ1v) is 3.89. The maximum absolute atomic E-state index is 10.5. The Hall–Kier alpha value is -0.900. The van der Waals surface area contributed by atoms with E-state index in [-0.39, 0.29) is 6.42 Å². The van der Waals surface area contributed by atoms with Crippen molar-refractivity contribution in [3.63, 3.8) is 0 Å². The summed E-state index contributed by atoms with van der Waals surface area (Å²) >= 11 is 0. The highest BCUT2D eigenvalue weighted by Crippen LogP contribution is 2.07. The van der Waals surface area contributed by atoms with E-state index < -0.39 is 11.9 Å². The van der Waals surface area contributed by atoms with Gasteiger partial charge in [0.15, 0.2) is 0 Å². The van der Waals surface area contributed by atoms with Crippen LogP contribution >= 0.6 is 0 Å². The van der Waals surface area contributed by atoms with Gasteiger partial charge in [0.1, 0.15) is 6.29 Å². The zero-order valence-electron chi connectivity index (χ0n) is 7.49. The van der Waals surface area contributed by atoms with Gasteiger partial charge in [-0.25, -0.2) is 0 Å². The highest BCUT2D eigenvalue weighted by molar-refractivity contribution is 5.73. The molecule has 4 heteroatoms. The van der Waals surface area contributed by atoms with E-state index in [1.54, 1.807) is 0 Å². The van der Waals surface area contributed by atoms with Gasteiger partial charge in [-0.1, -0.05) is 0 Å². The summed E-state index contributed by atoms with van der Waals surface area (Å²) in [7, 11) is 3.75. The molecule has 0 aromatic carbocycles. The number of hydrogen-bond donors (Lipinski definition) is 1. The number of carboxylic acids is 1. The van der Waals surface area contributed by atoms with Crippen molar-refractivity contribution in [2.45, 2.75) is 12.8 Å². The van der Waals surface area contributed by atoms with Gasteiger partial charge in [0, 0.05) is 6.42 Å². The molecule has 0 bridgehead atoms. The highest BCUT2D eigenvalue weighted by Gasteiger charge is 2.16. The van der Waals surface area contributed by atoms with Crippen LogP contribution in [0.5, 0.6) is 0 Å². The average molecular weight is 173 g/mol. The van der Waals surface area contributed by atoms with E-state index in [4.69, 9.17) is 5.11 Å². The van der Waals surface area contributed by atoms with Crippen molar-refractivity contribution in [1.82, 2.24) is 4.90 Å². The normalized spacial score (nSPS) is 12.9. The first-order valence-electron chi connectivity index (χ1n) is 3.89. The number of carbonyl (C=O) groups excluding carboxylic acids is 1. The van der Waals surface area contributed by atoms with E-state index >= 15 is 0 Å². The maximum atomic E-state index is 10.5. The molecule has 0 aliphatic heterocycles. The molecule has 1 unspecified atom stereocenters. The molecule has 12 heavy (non-hydrogen) atoms. The smallest absolute Gasteiger partial charge is 0.306 e. The number of aliphatic carboxylic acids is 1. The first-order chi connectivity index (χ1) is 5.57. The van der Waals surface area contributed by atoms with Gasteiger partial charge in [-0.15, -0.1) is 0 Å². The lowest BCUT2D eigenvalue weighted by atomic mass is 10.0. The second kappa shape index (κ2) is 5.71. The fourth-order valence-corrected chi connectivity index (χ4v) is 0.872. The summed E-state index contributed by atoms with van der Waals surface area (Å²) in [6, 6.07) is 0. The molecule has 1 N–H and O–H groups in total. The van der Waals surface area contributed by atoms with Gasteiger partial charge in [0.25, 0.3) is 0 Å². The summed E-state index contributed by atoms with van der Waals surface area (Å²) < 4.78 is 0. The van der Waals surface area contributed by atoms with Crippen molar-refractivity contribution in [3.05, 3.63) is 0 Å². The molecule has 0 spiro atoms. The Balaban J connectivity index is 3.78. The van der Waals surface area contributed by atoms with Gasteiger partial charge < -0.3 is 14.8 Å². The van der Waals surface area contributed by atoms with E-state index in [0.717, 1.165) is 0 Å². The molecule has 0 aliphatic carbocycles. The SMILES string of the molecule is CN(C)CCC(CC=O)C(=O)O. The molecule has 0 heterocycles. The molecular weight excluding hydrogens is 158 g/mol. The molecule has 4 nitrogen and oxygen atoms in total. The molecule has 0 aromatic heterocycles. The Kier molecular flexibility index (Phi) is 5.28. The largest absolute Gasteiger partial charge is 0.481 e. The third-order valence-electron chi connectivity index (χ3n) is 1.65. The number of hydrogen-bond acceptors (Lipinski definition) is 3. The number of aldehydes is 1. The summed E-state index contributed by atoms with van der Waals surface area (Å²) in [4.78, 5) is 22.5. The molecule has 0 fully saturated rings. The Morgan fingerprint density at radius 3 is 2.50 bits per heavy atom. The van der Waals surface area contributed by atoms with Crippen LogP contribution in [-0.2, 0) is 9.59 Å². The highest BCUT2D eigenvalue weighted by atomic mass is 16.4. The van der Waals surface area contributed by atoms with Crippen molar-refractivity contribution >= 4 is 12.3 Å². The quantitative estimate of drug-likeness (QED) is 0.584. The molecule has 0 saturated heterocycles. The minimum absolute atomic E-state index is 0.114. The van der Waals surface area contributed by atoms with Crippen molar-refractivity contribution in [2.24, 2.45) is 5.92 Å². The fraction of sp³-hybridized carbons (Fsp3) is 0.750. The topological polar surface area (TPSA) is 57.6 Å². The monoisotopic (exact) mass is 173 g/mol. The van der Waals surface area contributed by atoms with Crippen LogP contribution in [-0.4, -0.2) is 42.9 Å². The second-order valence-electron chi connectivity index (χ2n) is 3.03. The second-order valence-corrected chi connectivity index (χ2v) is 3.03. The summed E-state index contributed by atoms with van der Waals surface area (Å²) in [5.74, 6) is -1.41. The van der Waals surface area contributed by atoms with Crippen LogP contribution in [0, 0.1) is 5.92 Å². The molecule has 70 valence electrons. The van der Waals surface area contributed by atoms with E-state index in [1.807, 2.05) is 19.0 Å². The molecule has 0 aliphatic rings. The minimum atomic E-state index is -0.885. The van der Waals surface area contributed by atoms with Crippen LogP contribution in [0.25, 0.3) is 0 Å². The standard InChI is InChI=1S/C8H15NO3/c1-9(2)5-3-7(4-6-10)8(11)12/h6-7H,3-5H2,1-2H3,(H,11,12). The van der Waals surface area contributed by atoms with E-state index in [2.05, 4.69) is 0 Å². The molecule has 0 radical (unpaired) electrons. The van der Waals surface area contributed by atoms with Crippen LogP contribution in [0.15, 0.2) is 0 Å². The van der Waals surface area contributed by atoms with Gasteiger partial charge >= 0.3 is 5.97 Å². The van der Waals surface area contributed by atoms with Crippen LogP contribution in [0.2, 0.25) is 0 Å². The Morgan fingerprint density at radius 2 is 2.17 bits per heavy atom. The first kappa shape index (κ1) is 11.1. The maximum Gasteiger partial charge on any atom is 0.306 e. The Labute approximate surface area is 72.2 Å². The van der Waals surface area contributed by atoms with Crippen LogP contribution in [0.1, 0.15) is 12.8 Å². The predicted molar refractivity (Wildman–Crippen MR) is 45.0 cm³/mol. The summed E-state index contributed by atoms with van der Waals surface area (Å²) in [5, 5.41) is 8.64. The predicted octanol–water partition coefficient (Wildman–Crippen LogP) is 0.228. The summed E-state index contributed by atoms with van der Waals surface area (Å²) in [6.07, 6.45) is 1.30. The van der Waals surface area contributed by atoms with Gasteiger partial charge in [0.05, 0.1) is 5.92 Å². The van der Waals surface area contributed by atoms with Gasteiger partial charge in [-0.05, 0) is 27.1 Å². The lowest BCUT2D eigenvalue weighted by molar-refractivity contribution is -0.143. The van der Waals surface area contributed by atoms with Crippen LogP contribution in [0.3, 0.4) is 0 Å². The Morgan fingerprint density at radius 1 is 1.58 bits per heavy atom. The van der Waals surface area contributed by atoms with Gasteiger partial charge in [-0.2, -0.15) is 0 Å². The van der Waals surface area contributed by atoms with Crippen molar-refractivity contribution < 1.29 is 14.7 Å². The van der Waals surface area contributed by atoms with E-state index in [0.29, 0.717) is 19.3 Å². The fourth-order valence-electron chi connectivity index (χ4n) is 0.872. The zero-order valence-corrected chi connectivity index (χ0v) is 7.49. The minimum Gasteiger partial charge on any atom is -0.481 e. The number of carbonyl (C=O) groups is 2. The van der Waals surface area contributed by atoms with E-state index in [1.165, 1.54) is 0 Å². The summed E-state index contributed by atoms with van der Waals surface area (Å²) in [5.41, 5.74) is 0. The molecule has 0 rings (SSSR count). The third kappa shape index (κ3) is 4.85. The zero-order chi connectivity index (χ0) is 9.56. The lowest BCUT2D eigenvalue weighted by Gasteiger charge is -2.12.